The van der Waals surface area contributed by atoms with Gasteiger partial charge in [-0.3, -0.25) is 4.79 Å². The van der Waals surface area contributed by atoms with Crippen LogP contribution in [0.1, 0.15) is 17.3 Å². The minimum Gasteiger partial charge on any atom is -0.477 e. The smallest absolute Gasteiger partial charge is 0.407 e. The summed E-state index contributed by atoms with van der Waals surface area (Å²) < 4.78 is 16.1. The van der Waals surface area contributed by atoms with Crippen LogP contribution in [-0.4, -0.2) is 45.6 Å². The van der Waals surface area contributed by atoms with Crippen molar-refractivity contribution in [3.63, 3.8) is 0 Å². The molecule has 9 heteroatoms. The summed E-state index contributed by atoms with van der Waals surface area (Å²) in [6, 6.07) is 2.35. The molecule has 3 N–H and O–H groups in total. The molecule has 8 nitrogen and oxygen atoms in total. The van der Waals surface area contributed by atoms with Gasteiger partial charge in [0, 0.05) is 18.1 Å². The number of aryl methyl sites for hydroxylation is 1. The quantitative estimate of drug-likeness (QED) is 0.672. The maximum absolute atomic E-state index is 14.5. The Morgan fingerprint density at radius 2 is 2.04 bits per heavy atom. The van der Waals surface area contributed by atoms with Crippen LogP contribution in [0.2, 0.25) is 0 Å². The number of aliphatic hydroxyl groups excluding tert-OH is 1. The van der Waals surface area contributed by atoms with Gasteiger partial charge in [0.2, 0.25) is 5.43 Å². The summed E-state index contributed by atoms with van der Waals surface area (Å²) in [5, 5.41) is 18.6. The number of rotatable bonds is 3. The first-order valence-corrected chi connectivity index (χ1v) is 7.51. The van der Waals surface area contributed by atoms with E-state index in [1.54, 1.807) is 6.92 Å². The summed E-state index contributed by atoms with van der Waals surface area (Å²) in [6.45, 7) is 1.88. The summed E-state index contributed by atoms with van der Waals surface area (Å²) in [6.07, 6.45) is 1.21. The average molecular weight is 348 g/mol. The number of hydrogen-bond donors (Lipinski definition) is 3. The molecule has 0 spiro atoms. The van der Waals surface area contributed by atoms with Gasteiger partial charge in [-0.25, -0.2) is 14.0 Å². The van der Waals surface area contributed by atoms with Gasteiger partial charge in [0.05, 0.1) is 11.2 Å². The second kappa shape index (κ2) is 6.00. The average Bonchev–Trinajstić information content (AvgIpc) is 2.54. The molecule has 0 saturated heterocycles. The normalized spacial score (nSPS) is 14.7. The molecule has 2 aromatic rings. The van der Waals surface area contributed by atoms with Gasteiger partial charge in [-0.2, -0.15) is 0 Å². The van der Waals surface area contributed by atoms with Gasteiger partial charge in [-0.1, -0.05) is 0 Å². The van der Waals surface area contributed by atoms with E-state index in [0.717, 1.165) is 6.07 Å². The molecule has 0 unspecified atom stereocenters. The molecule has 0 fully saturated rings. The van der Waals surface area contributed by atoms with Gasteiger partial charge in [0.15, 0.2) is 0 Å². The third-order valence-electron chi connectivity index (χ3n) is 4.02. The lowest BCUT2D eigenvalue weighted by Gasteiger charge is -2.23. The molecule has 130 valence electrons. The van der Waals surface area contributed by atoms with E-state index in [4.69, 9.17) is 5.11 Å². The van der Waals surface area contributed by atoms with Gasteiger partial charge < -0.3 is 19.7 Å². The number of aliphatic hydroxyl groups is 1. The minimum absolute atomic E-state index is 0.0403. The van der Waals surface area contributed by atoms with E-state index in [2.05, 4.69) is 4.99 Å². The van der Waals surface area contributed by atoms with Crippen LogP contribution in [-0.2, 0) is 11.3 Å². The SMILES string of the molecule is CCn1cc(C(=O)O)c(=O)c2cc(F)c(N3CC(=O)[NH+]=C(O)C3)cc21. The zero-order valence-electron chi connectivity index (χ0n) is 13.2. The number of hydrogen-bond acceptors (Lipinski definition) is 4. The van der Waals surface area contributed by atoms with E-state index < -0.39 is 28.7 Å². The highest BCUT2D eigenvalue weighted by Gasteiger charge is 2.28. The number of carboxylic acids is 1. The van der Waals surface area contributed by atoms with Gasteiger partial charge in [0.1, 0.15) is 24.5 Å². The van der Waals surface area contributed by atoms with Crippen molar-refractivity contribution in [1.29, 1.82) is 0 Å². The number of nitrogens with one attached hydrogen (secondary N) is 1. The van der Waals surface area contributed by atoms with Crippen molar-refractivity contribution in [2.24, 2.45) is 0 Å². The number of aromatic carboxylic acids is 1. The molecule has 0 atom stereocenters. The topological polar surface area (TPSA) is 114 Å². The molecule has 0 bridgehead atoms. The Hall–Kier alpha value is -3.23. The number of carbonyl (C=O) groups is 2. The van der Waals surface area contributed by atoms with Crippen molar-refractivity contribution in [1.82, 2.24) is 4.57 Å². The summed E-state index contributed by atoms with van der Waals surface area (Å²) in [7, 11) is 0. The lowest BCUT2D eigenvalue weighted by atomic mass is 10.1. The largest absolute Gasteiger partial charge is 0.477 e. The van der Waals surface area contributed by atoms with Crippen molar-refractivity contribution >= 4 is 34.4 Å². The second-order valence-corrected chi connectivity index (χ2v) is 5.63. The number of pyridine rings is 1. The van der Waals surface area contributed by atoms with Crippen LogP contribution in [0.15, 0.2) is 23.1 Å². The number of benzene rings is 1. The van der Waals surface area contributed by atoms with Gasteiger partial charge in [-0.15, -0.1) is 4.99 Å². The van der Waals surface area contributed by atoms with Crippen LogP contribution < -0.4 is 15.3 Å². The van der Waals surface area contributed by atoms with Crippen molar-refractivity contribution in [2.45, 2.75) is 13.5 Å². The Balaban J connectivity index is 2.24. The molecule has 1 amide bonds. The maximum atomic E-state index is 14.5. The fourth-order valence-corrected chi connectivity index (χ4v) is 2.88. The number of fused-ring (bicyclic) bond motifs is 1. The molecule has 1 aromatic heterocycles. The fraction of sp³-hybridized carbons (Fsp3) is 0.250. The number of carboxylic acid groups (broad SMARTS) is 1. The number of aromatic nitrogens is 1. The van der Waals surface area contributed by atoms with Crippen molar-refractivity contribution < 1.29 is 29.2 Å². The molecule has 2 heterocycles. The van der Waals surface area contributed by atoms with Gasteiger partial charge >= 0.3 is 17.8 Å². The van der Waals surface area contributed by atoms with Crippen LogP contribution in [0.5, 0.6) is 0 Å². The molecule has 3 rings (SSSR count). The third kappa shape index (κ3) is 2.84. The highest BCUT2D eigenvalue weighted by molar-refractivity contribution is 5.94. The molecule has 0 saturated carbocycles. The Bertz CT molecular complexity index is 995. The number of amides is 1. The lowest BCUT2D eigenvalue weighted by Crippen LogP contribution is -2.84. The van der Waals surface area contributed by atoms with E-state index in [1.165, 1.54) is 21.7 Å². The summed E-state index contributed by atoms with van der Waals surface area (Å²) >= 11 is 0. The van der Waals surface area contributed by atoms with Crippen LogP contribution in [0.3, 0.4) is 0 Å². The van der Waals surface area contributed by atoms with E-state index in [0.29, 0.717) is 12.1 Å². The molecular weight excluding hydrogens is 333 g/mol. The number of nitrogens with zero attached hydrogens (tertiary/aromatic N) is 2. The molecular formula is C16H15FN3O5+. The summed E-state index contributed by atoms with van der Waals surface area (Å²) in [5.74, 6) is -2.95. The minimum atomic E-state index is -1.38. The third-order valence-corrected chi connectivity index (χ3v) is 4.02. The van der Waals surface area contributed by atoms with E-state index in [-0.39, 0.29) is 30.1 Å². The van der Waals surface area contributed by atoms with Crippen molar-refractivity contribution in [3.05, 3.63) is 39.9 Å². The summed E-state index contributed by atoms with van der Waals surface area (Å²) in [4.78, 5) is 38.6. The van der Waals surface area contributed by atoms with Crippen LogP contribution >= 0.6 is 0 Å². The second-order valence-electron chi connectivity index (χ2n) is 5.63. The predicted octanol–water partition coefficient (Wildman–Crippen LogP) is -0.758. The molecule has 0 radical (unpaired) electrons. The fourth-order valence-electron chi connectivity index (χ4n) is 2.88. The van der Waals surface area contributed by atoms with Gasteiger partial charge in [-0.05, 0) is 19.1 Å². The number of carbonyl (C=O) groups excluding carboxylic acids is 1. The Labute approximate surface area is 140 Å². The Morgan fingerprint density at radius 3 is 2.64 bits per heavy atom. The highest BCUT2D eigenvalue weighted by Crippen LogP contribution is 2.25. The monoisotopic (exact) mass is 348 g/mol. The van der Waals surface area contributed by atoms with Crippen LogP contribution in [0.25, 0.3) is 10.9 Å². The highest BCUT2D eigenvalue weighted by atomic mass is 19.1. The Kier molecular flexibility index (Phi) is 3.99. The van der Waals surface area contributed by atoms with E-state index in [1.807, 2.05) is 0 Å². The first kappa shape index (κ1) is 16.6. The van der Waals surface area contributed by atoms with E-state index in [9.17, 15) is 23.9 Å². The van der Waals surface area contributed by atoms with E-state index >= 15 is 0 Å². The molecule has 0 aliphatic carbocycles. The molecule has 1 aliphatic rings. The zero-order chi connectivity index (χ0) is 18.3. The van der Waals surface area contributed by atoms with Crippen LogP contribution in [0.4, 0.5) is 10.1 Å². The summed E-state index contributed by atoms with van der Waals surface area (Å²) in [5.41, 5.74) is -0.828. The standard InChI is InChI=1S/C16H14FN3O5/c1-2-19-5-9(16(24)25)15(23)8-3-10(17)12(4-11(8)19)20-6-13(21)18-14(22)7-20/h3-5H,2,6-7H2,1H3,(H,24,25)(H,18,21,22)/p+1. The molecule has 1 aliphatic heterocycles. The van der Waals surface area contributed by atoms with Gasteiger partial charge in [0.25, 0.3) is 0 Å². The van der Waals surface area contributed by atoms with Crippen molar-refractivity contribution in [3.8, 4) is 0 Å². The predicted molar refractivity (Wildman–Crippen MR) is 86.6 cm³/mol. The molecule has 1 aromatic carbocycles. The van der Waals surface area contributed by atoms with Crippen LogP contribution in [0, 0.1) is 5.82 Å². The Morgan fingerprint density at radius 1 is 1.32 bits per heavy atom. The maximum Gasteiger partial charge on any atom is 0.407 e. The number of halogens is 1. The first-order valence-electron chi connectivity index (χ1n) is 7.51. The lowest BCUT2D eigenvalue weighted by molar-refractivity contribution is -0.388. The first-order chi connectivity index (χ1) is 11.8. The van der Waals surface area contributed by atoms with Crippen molar-refractivity contribution in [2.75, 3.05) is 18.0 Å². The zero-order valence-corrected chi connectivity index (χ0v) is 13.2. The number of anilines is 1. The molecule has 25 heavy (non-hydrogen) atoms.